The third-order valence-corrected chi connectivity index (χ3v) is 7.20. The SMILES string of the molecule is CCn1c(=O)c2cnc(Nc3ccc4c(c3)CNCC4(C)C)nc2n1-c1ccnc(C2(C#N)CC2)n1. The molecule has 1 aromatic carbocycles. The van der Waals surface area contributed by atoms with Crippen LogP contribution in [-0.2, 0) is 23.9 Å². The highest BCUT2D eigenvalue weighted by Gasteiger charge is 2.48. The van der Waals surface area contributed by atoms with Gasteiger partial charge in [-0.1, -0.05) is 19.9 Å². The topological polar surface area (TPSA) is 126 Å². The van der Waals surface area contributed by atoms with Gasteiger partial charge in [-0.3, -0.25) is 4.79 Å². The van der Waals surface area contributed by atoms with Crippen molar-refractivity contribution in [2.45, 2.75) is 57.5 Å². The molecule has 1 aliphatic heterocycles. The molecule has 1 aliphatic carbocycles. The van der Waals surface area contributed by atoms with E-state index in [9.17, 15) is 10.1 Å². The van der Waals surface area contributed by atoms with E-state index in [1.807, 2.05) is 13.0 Å². The molecular weight excluding hydrogens is 454 g/mol. The Hall–Kier alpha value is -4.10. The van der Waals surface area contributed by atoms with E-state index >= 15 is 0 Å². The van der Waals surface area contributed by atoms with Gasteiger partial charge in [0.05, 0.1) is 6.07 Å². The summed E-state index contributed by atoms with van der Waals surface area (Å²) in [5, 5.41) is 16.8. The maximum absolute atomic E-state index is 13.1. The van der Waals surface area contributed by atoms with E-state index in [1.54, 1.807) is 27.8 Å². The van der Waals surface area contributed by atoms with E-state index in [0.29, 0.717) is 35.2 Å². The van der Waals surface area contributed by atoms with Crippen molar-refractivity contribution in [1.82, 2.24) is 34.6 Å². The molecule has 10 nitrogen and oxygen atoms in total. The van der Waals surface area contributed by atoms with Gasteiger partial charge in [-0.2, -0.15) is 10.2 Å². The molecule has 2 aliphatic rings. The Kier molecular flexibility index (Phi) is 4.95. The molecule has 4 heterocycles. The number of aromatic nitrogens is 6. The quantitative estimate of drug-likeness (QED) is 0.445. The minimum absolute atomic E-state index is 0.0711. The smallest absolute Gasteiger partial charge is 0.278 e. The van der Waals surface area contributed by atoms with Crippen molar-refractivity contribution >= 4 is 22.7 Å². The average molecular weight is 482 g/mol. The van der Waals surface area contributed by atoms with Gasteiger partial charge in [0.25, 0.3) is 5.56 Å². The predicted molar refractivity (Wildman–Crippen MR) is 135 cm³/mol. The van der Waals surface area contributed by atoms with Crippen LogP contribution < -0.4 is 16.2 Å². The largest absolute Gasteiger partial charge is 0.324 e. The van der Waals surface area contributed by atoms with E-state index in [1.165, 1.54) is 11.1 Å². The number of rotatable bonds is 5. The summed E-state index contributed by atoms with van der Waals surface area (Å²) in [5.74, 6) is 1.37. The Morgan fingerprint density at radius 3 is 2.78 bits per heavy atom. The Morgan fingerprint density at radius 2 is 2.03 bits per heavy atom. The van der Waals surface area contributed by atoms with Crippen LogP contribution >= 0.6 is 0 Å². The fourth-order valence-electron chi connectivity index (χ4n) is 5.03. The maximum atomic E-state index is 13.1. The van der Waals surface area contributed by atoms with Crippen LogP contribution in [0.3, 0.4) is 0 Å². The Balaban J connectivity index is 1.42. The van der Waals surface area contributed by atoms with Gasteiger partial charge in [0.15, 0.2) is 17.3 Å². The minimum atomic E-state index is -0.631. The van der Waals surface area contributed by atoms with Gasteiger partial charge < -0.3 is 10.6 Å². The van der Waals surface area contributed by atoms with Gasteiger partial charge >= 0.3 is 0 Å². The summed E-state index contributed by atoms with van der Waals surface area (Å²) < 4.78 is 3.27. The highest BCUT2D eigenvalue weighted by molar-refractivity contribution is 5.77. The number of hydrogen-bond donors (Lipinski definition) is 2. The summed E-state index contributed by atoms with van der Waals surface area (Å²) in [6.45, 7) is 8.55. The Bertz CT molecular complexity index is 1600. The molecule has 2 N–H and O–H groups in total. The van der Waals surface area contributed by atoms with Crippen molar-refractivity contribution in [3.05, 3.63) is 64.0 Å². The Morgan fingerprint density at radius 1 is 1.19 bits per heavy atom. The van der Waals surface area contributed by atoms with Crippen molar-refractivity contribution in [2.24, 2.45) is 0 Å². The van der Waals surface area contributed by atoms with Crippen LogP contribution in [0.5, 0.6) is 0 Å². The number of nitrogens with one attached hydrogen (secondary N) is 2. The first-order valence-electron chi connectivity index (χ1n) is 12.2. The lowest BCUT2D eigenvalue weighted by Crippen LogP contribution is -2.38. The third-order valence-electron chi connectivity index (χ3n) is 7.20. The Labute approximate surface area is 208 Å². The predicted octanol–water partition coefficient (Wildman–Crippen LogP) is 3.07. The first-order chi connectivity index (χ1) is 17.3. The second-order valence-corrected chi connectivity index (χ2v) is 10.2. The van der Waals surface area contributed by atoms with Crippen molar-refractivity contribution in [3.8, 4) is 11.9 Å². The lowest BCUT2D eigenvalue weighted by Gasteiger charge is -2.33. The molecule has 3 aromatic heterocycles. The normalized spacial score (nSPS) is 17.4. The summed E-state index contributed by atoms with van der Waals surface area (Å²) in [6.07, 6.45) is 4.67. The zero-order valence-corrected chi connectivity index (χ0v) is 20.5. The summed E-state index contributed by atoms with van der Waals surface area (Å²) in [7, 11) is 0. The van der Waals surface area contributed by atoms with E-state index in [0.717, 1.165) is 31.6 Å². The number of benzene rings is 1. The molecule has 1 fully saturated rings. The molecule has 0 bridgehead atoms. The molecule has 36 heavy (non-hydrogen) atoms. The van der Waals surface area contributed by atoms with Crippen LogP contribution in [0.25, 0.3) is 16.9 Å². The maximum Gasteiger partial charge on any atom is 0.278 e. The highest BCUT2D eigenvalue weighted by Crippen LogP contribution is 2.45. The van der Waals surface area contributed by atoms with Crippen LogP contribution in [0.4, 0.5) is 11.6 Å². The second-order valence-electron chi connectivity index (χ2n) is 10.2. The molecule has 0 amide bonds. The fourth-order valence-corrected chi connectivity index (χ4v) is 5.03. The monoisotopic (exact) mass is 481 g/mol. The van der Waals surface area contributed by atoms with Crippen LogP contribution in [0, 0.1) is 11.3 Å². The molecular formula is C26H27N9O. The van der Waals surface area contributed by atoms with Crippen LogP contribution in [-0.4, -0.2) is 35.8 Å². The van der Waals surface area contributed by atoms with Gasteiger partial charge in [0.2, 0.25) is 5.95 Å². The average Bonchev–Trinajstić information content (AvgIpc) is 3.63. The van der Waals surface area contributed by atoms with E-state index in [2.05, 4.69) is 57.6 Å². The number of hydrogen-bond acceptors (Lipinski definition) is 8. The zero-order valence-electron chi connectivity index (χ0n) is 20.5. The molecule has 0 spiro atoms. The highest BCUT2D eigenvalue weighted by atomic mass is 16.1. The summed E-state index contributed by atoms with van der Waals surface area (Å²) in [5.41, 5.74) is 3.16. The second kappa shape index (κ2) is 7.96. The van der Waals surface area contributed by atoms with Gasteiger partial charge in [0.1, 0.15) is 10.8 Å². The molecule has 182 valence electrons. The lowest BCUT2D eigenvalue weighted by atomic mass is 9.79. The summed E-state index contributed by atoms with van der Waals surface area (Å²) >= 11 is 0. The fraction of sp³-hybridized carbons (Fsp3) is 0.385. The summed E-state index contributed by atoms with van der Waals surface area (Å²) in [6, 6.07) is 10.4. The van der Waals surface area contributed by atoms with Crippen molar-refractivity contribution < 1.29 is 0 Å². The number of nitriles is 1. The molecule has 6 rings (SSSR count). The van der Waals surface area contributed by atoms with E-state index in [-0.39, 0.29) is 11.0 Å². The minimum Gasteiger partial charge on any atom is -0.324 e. The lowest BCUT2D eigenvalue weighted by molar-refractivity contribution is 0.435. The third kappa shape index (κ3) is 3.46. The first kappa shape index (κ1) is 22.4. The summed E-state index contributed by atoms with van der Waals surface area (Å²) in [4.78, 5) is 31.3. The molecule has 0 saturated heterocycles. The standard InChI is InChI=1S/C26H27N9O/c1-4-34-22(36)18-13-30-24(31-17-5-6-19-16(11-17)12-28-15-25(19,2)3)33-21(18)35(34)20-7-10-29-23(32-20)26(14-27)8-9-26/h5-7,10-11,13,28H,4,8-9,12,15H2,1-3H3,(H,30,31,33). The molecule has 10 heteroatoms. The van der Waals surface area contributed by atoms with Crippen molar-refractivity contribution in [1.29, 1.82) is 5.26 Å². The van der Waals surface area contributed by atoms with Crippen LogP contribution in [0.15, 0.2) is 41.5 Å². The van der Waals surface area contributed by atoms with Gasteiger partial charge in [-0.05, 0) is 43.0 Å². The van der Waals surface area contributed by atoms with Gasteiger partial charge in [0, 0.05) is 49.2 Å². The van der Waals surface area contributed by atoms with Crippen LogP contribution in [0.2, 0.25) is 0 Å². The number of nitrogens with zero attached hydrogens (tertiary/aromatic N) is 7. The van der Waals surface area contributed by atoms with Crippen LogP contribution in [0.1, 0.15) is 50.6 Å². The number of anilines is 2. The molecule has 1 saturated carbocycles. The molecule has 0 radical (unpaired) electrons. The van der Waals surface area contributed by atoms with E-state index < -0.39 is 5.41 Å². The first-order valence-corrected chi connectivity index (χ1v) is 12.2. The zero-order chi connectivity index (χ0) is 25.1. The van der Waals surface area contributed by atoms with Crippen molar-refractivity contribution in [2.75, 3.05) is 11.9 Å². The molecule has 0 unspecified atom stereocenters. The van der Waals surface area contributed by atoms with E-state index in [4.69, 9.17) is 4.98 Å². The van der Waals surface area contributed by atoms with Gasteiger partial charge in [-0.25, -0.2) is 24.3 Å². The van der Waals surface area contributed by atoms with Gasteiger partial charge in [-0.15, -0.1) is 0 Å². The molecule has 4 aromatic rings. The molecule has 0 atom stereocenters. The number of fused-ring (bicyclic) bond motifs is 2. The van der Waals surface area contributed by atoms with Crippen molar-refractivity contribution in [3.63, 3.8) is 0 Å².